The molecule has 1 aliphatic carbocycles. The van der Waals surface area contributed by atoms with E-state index in [-0.39, 0.29) is 6.54 Å². The number of nitrogens with two attached hydrogens (primary N) is 1. The van der Waals surface area contributed by atoms with E-state index in [1.807, 2.05) is 16.9 Å². The molecule has 1 aromatic rings. The number of carbonyl (C=O) groups excluding carboxylic acids is 1. The van der Waals surface area contributed by atoms with E-state index in [2.05, 4.69) is 10.4 Å². The first-order valence-electron chi connectivity index (χ1n) is 6.39. The maximum Gasteiger partial charge on any atom is 0.247 e. The van der Waals surface area contributed by atoms with Gasteiger partial charge in [0.15, 0.2) is 0 Å². The topological polar surface area (TPSA) is 93.2 Å². The molecule has 6 nitrogen and oxygen atoms in total. The Morgan fingerprint density at radius 2 is 2.33 bits per heavy atom. The number of rotatable bonds is 6. The Hall–Kier alpha value is -1.40. The van der Waals surface area contributed by atoms with Crippen molar-refractivity contribution in [2.45, 2.75) is 44.4 Å². The molecule has 4 N–H and O–H groups in total. The van der Waals surface area contributed by atoms with E-state index in [0.29, 0.717) is 12.6 Å². The molecule has 0 radical (unpaired) electrons. The van der Waals surface area contributed by atoms with Gasteiger partial charge in [0.25, 0.3) is 0 Å². The van der Waals surface area contributed by atoms with Gasteiger partial charge < -0.3 is 16.2 Å². The summed E-state index contributed by atoms with van der Waals surface area (Å²) in [5.41, 5.74) is 5.87. The molecule has 2 rings (SSSR count). The van der Waals surface area contributed by atoms with Gasteiger partial charge >= 0.3 is 0 Å². The lowest BCUT2D eigenvalue weighted by molar-refractivity contribution is -0.125. The van der Waals surface area contributed by atoms with Crippen LogP contribution in [0.3, 0.4) is 0 Å². The smallest absolute Gasteiger partial charge is 0.247 e. The standard InChI is InChI=1S/C12H20N4O2/c13-12(18)11(17)8-14-7-9-5-6-16(15-9)10-3-1-2-4-10/h5-6,10-11,14,17H,1-4,7-8H2,(H2,13,18). The molecule has 1 unspecified atom stereocenters. The first-order chi connectivity index (χ1) is 8.66. The molecule has 1 aliphatic rings. The van der Waals surface area contributed by atoms with E-state index in [1.54, 1.807) is 0 Å². The third-order valence-corrected chi connectivity index (χ3v) is 3.33. The largest absolute Gasteiger partial charge is 0.382 e. The lowest BCUT2D eigenvalue weighted by Gasteiger charge is -2.09. The van der Waals surface area contributed by atoms with Gasteiger partial charge in [-0.1, -0.05) is 12.8 Å². The molecule has 1 fully saturated rings. The monoisotopic (exact) mass is 252 g/mol. The van der Waals surface area contributed by atoms with Crippen LogP contribution in [-0.2, 0) is 11.3 Å². The predicted octanol–water partition coefficient (Wildman–Crippen LogP) is -0.0660. The second-order valence-corrected chi connectivity index (χ2v) is 4.77. The van der Waals surface area contributed by atoms with E-state index in [1.165, 1.54) is 25.7 Å². The van der Waals surface area contributed by atoms with Crippen LogP contribution < -0.4 is 11.1 Å². The van der Waals surface area contributed by atoms with E-state index in [0.717, 1.165) is 5.69 Å². The minimum atomic E-state index is -1.14. The molecule has 1 aromatic heterocycles. The average Bonchev–Trinajstić information content (AvgIpc) is 2.98. The Labute approximate surface area is 106 Å². The molecule has 1 saturated carbocycles. The van der Waals surface area contributed by atoms with Gasteiger partial charge in [-0.25, -0.2) is 0 Å². The summed E-state index contributed by atoms with van der Waals surface area (Å²) in [4.78, 5) is 10.6. The molecule has 1 heterocycles. The number of aliphatic hydroxyl groups excluding tert-OH is 1. The minimum absolute atomic E-state index is 0.158. The van der Waals surface area contributed by atoms with Gasteiger partial charge in [-0.15, -0.1) is 0 Å². The van der Waals surface area contributed by atoms with E-state index >= 15 is 0 Å². The van der Waals surface area contributed by atoms with E-state index in [9.17, 15) is 9.90 Å². The van der Waals surface area contributed by atoms with E-state index in [4.69, 9.17) is 5.73 Å². The molecule has 0 aromatic carbocycles. The lowest BCUT2D eigenvalue weighted by atomic mass is 10.3. The van der Waals surface area contributed by atoms with Crippen LogP contribution in [0.1, 0.15) is 37.4 Å². The highest BCUT2D eigenvalue weighted by atomic mass is 16.3. The first-order valence-corrected chi connectivity index (χ1v) is 6.39. The summed E-state index contributed by atoms with van der Waals surface area (Å²) in [7, 11) is 0. The summed E-state index contributed by atoms with van der Waals surface area (Å²) in [6, 6.07) is 2.50. The van der Waals surface area contributed by atoms with Crippen molar-refractivity contribution in [3.05, 3.63) is 18.0 Å². The van der Waals surface area contributed by atoms with Crippen molar-refractivity contribution in [1.82, 2.24) is 15.1 Å². The molecule has 0 saturated heterocycles. The van der Waals surface area contributed by atoms with Crippen molar-refractivity contribution in [3.8, 4) is 0 Å². The van der Waals surface area contributed by atoms with Crippen molar-refractivity contribution in [3.63, 3.8) is 0 Å². The average molecular weight is 252 g/mol. The molecule has 18 heavy (non-hydrogen) atoms. The number of nitrogens with zero attached hydrogens (tertiary/aromatic N) is 2. The zero-order valence-electron chi connectivity index (χ0n) is 10.4. The molecule has 1 amide bonds. The fourth-order valence-corrected chi connectivity index (χ4v) is 2.28. The van der Waals surface area contributed by atoms with Gasteiger partial charge in [0, 0.05) is 19.3 Å². The highest BCUT2D eigenvalue weighted by Crippen LogP contribution is 2.28. The Morgan fingerprint density at radius 3 is 3.00 bits per heavy atom. The summed E-state index contributed by atoms with van der Waals surface area (Å²) >= 11 is 0. The zero-order valence-corrected chi connectivity index (χ0v) is 10.4. The highest BCUT2D eigenvalue weighted by molar-refractivity contribution is 5.78. The lowest BCUT2D eigenvalue weighted by Crippen LogP contribution is -2.37. The first kappa shape index (κ1) is 13.0. The van der Waals surface area contributed by atoms with Gasteiger partial charge in [0.05, 0.1) is 11.7 Å². The van der Waals surface area contributed by atoms with Gasteiger partial charge in [-0.2, -0.15) is 5.10 Å². The molecule has 6 heteroatoms. The summed E-state index contributed by atoms with van der Waals surface area (Å²) in [5.74, 6) is -0.709. The number of aliphatic hydroxyl groups is 1. The Bertz CT molecular complexity index is 399. The van der Waals surface area contributed by atoms with Gasteiger partial charge in [-0.05, 0) is 18.9 Å². The maximum absolute atomic E-state index is 10.6. The summed E-state index contributed by atoms with van der Waals surface area (Å²) in [5, 5.41) is 16.7. The molecule has 1 atom stereocenters. The number of hydrogen-bond donors (Lipinski definition) is 3. The molecule has 0 bridgehead atoms. The third kappa shape index (κ3) is 3.30. The summed E-state index contributed by atoms with van der Waals surface area (Å²) < 4.78 is 2.02. The zero-order chi connectivity index (χ0) is 13.0. The summed E-state index contributed by atoms with van der Waals surface area (Å²) in [6.45, 7) is 0.690. The normalized spacial score (nSPS) is 18.1. The quantitative estimate of drug-likeness (QED) is 0.661. The number of carbonyl (C=O) groups is 1. The number of nitrogens with one attached hydrogen (secondary N) is 1. The van der Waals surface area contributed by atoms with Crippen LogP contribution in [0.2, 0.25) is 0 Å². The van der Waals surface area contributed by atoms with Crippen LogP contribution >= 0.6 is 0 Å². The fourth-order valence-electron chi connectivity index (χ4n) is 2.28. The number of amides is 1. The number of aromatic nitrogens is 2. The van der Waals surface area contributed by atoms with Gasteiger partial charge in [0.1, 0.15) is 6.10 Å². The Morgan fingerprint density at radius 1 is 1.61 bits per heavy atom. The van der Waals surface area contributed by atoms with Crippen molar-refractivity contribution in [2.75, 3.05) is 6.54 Å². The maximum atomic E-state index is 10.6. The Kier molecular flexibility index (Phi) is 4.33. The van der Waals surface area contributed by atoms with Crippen LogP contribution in [0.15, 0.2) is 12.3 Å². The SMILES string of the molecule is NC(=O)C(O)CNCc1ccn(C2CCCC2)n1. The van der Waals surface area contributed by atoms with Crippen LogP contribution in [0, 0.1) is 0 Å². The van der Waals surface area contributed by atoms with Crippen LogP contribution in [-0.4, -0.2) is 33.4 Å². The van der Waals surface area contributed by atoms with Crippen molar-refractivity contribution in [2.24, 2.45) is 5.73 Å². The molecular formula is C12H20N4O2. The molecule has 0 spiro atoms. The van der Waals surface area contributed by atoms with Crippen LogP contribution in [0.5, 0.6) is 0 Å². The minimum Gasteiger partial charge on any atom is -0.382 e. The number of primary amides is 1. The summed E-state index contributed by atoms with van der Waals surface area (Å²) in [6.07, 6.45) is 5.83. The van der Waals surface area contributed by atoms with Crippen molar-refractivity contribution >= 4 is 5.91 Å². The number of hydrogen-bond acceptors (Lipinski definition) is 4. The second-order valence-electron chi connectivity index (χ2n) is 4.77. The predicted molar refractivity (Wildman–Crippen MR) is 66.6 cm³/mol. The fraction of sp³-hybridized carbons (Fsp3) is 0.667. The van der Waals surface area contributed by atoms with Gasteiger partial charge in [-0.3, -0.25) is 9.48 Å². The molecule has 100 valence electrons. The van der Waals surface area contributed by atoms with Crippen molar-refractivity contribution in [1.29, 1.82) is 0 Å². The van der Waals surface area contributed by atoms with Crippen LogP contribution in [0.25, 0.3) is 0 Å². The molecular weight excluding hydrogens is 232 g/mol. The Balaban J connectivity index is 1.78. The third-order valence-electron chi connectivity index (χ3n) is 3.33. The second kappa shape index (κ2) is 5.97. The van der Waals surface area contributed by atoms with Crippen LogP contribution in [0.4, 0.5) is 0 Å². The molecule has 0 aliphatic heterocycles. The highest BCUT2D eigenvalue weighted by Gasteiger charge is 2.17. The van der Waals surface area contributed by atoms with E-state index < -0.39 is 12.0 Å². The van der Waals surface area contributed by atoms with Gasteiger partial charge in [0.2, 0.25) is 5.91 Å². The van der Waals surface area contributed by atoms with Crippen molar-refractivity contribution < 1.29 is 9.90 Å².